The zero-order valence-corrected chi connectivity index (χ0v) is 15.2. The molecule has 4 N–H and O–H groups in total. The molecule has 26 heavy (non-hydrogen) atoms. The van der Waals surface area contributed by atoms with Gasteiger partial charge in [-0.15, -0.1) is 0 Å². The standard InChI is InChI=1S/C20H26N4O2/c1-24(2)13-12-22-19(25)17-10-8-15(9-11-17)14-23-20(26)18(21)16-6-4-3-5-7-16/h3-11,18H,12-14,21H2,1-2H3,(H,22,25)(H,23,26). The molecule has 2 rings (SSSR count). The zero-order valence-electron chi connectivity index (χ0n) is 15.2. The van der Waals surface area contributed by atoms with E-state index in [1.165, 1.54) is 0 Å². The molecule has 0 saturated heterocycles. The summed E-state index contributed by atoms with van der Waals surface area (Å²) in [5.41, 5.74) is 8.24. The van der Waals surface area contributed by atoms with Gasteiger partial charge in [0.1, 0.15) is 6.04 Å². The van der Waals surface area contributed by atoms with Gasteiger partial charge < -0.3 is 21.3 Å². The molecule has 0 heterocycles. The number of carbonyl (C=O) groups excluding carboxylic acids is 2. The van der Waals surface area contributed by atoms with E-state index in [-0.39, 0.29) is 11.8 Å². The van der Waals surface area contributed by atoms with Crippen molar-refractivity contribution in [3.05, 3.63) is 71.3 Å². The van der Waals surface area contributed by atoms with Crippen LogP contribution >= 0.6 is 0 Å². The summed E-state index contributed by atoms with van der Waals surface area (Å²) in [7, 11) is 3.91. The van der Waals surface area contributed by atoms with Gasteiger partial charge in [0.15, 0.2) is 0 Å². The SMILES string of the molecule is CN(C)CCNC(=O)c1ccc(CNC(=O)C(N)c2ccccc2)cc1. The molecule has 0 aliphatic carbocycles. The maximum absolute atomic E-state index is 12.2. The van der Waals surface area contributed by atoms with Gasteiger partial charge in [0, 0.05) is 25.2 Å². The van der Waals surface area contributed by atoms with Crippen molar-refractivity contribution >= 4 is 11.8 Å². The highest BCUT2D eigenvalue weighted by molar-refractivity contribution is 5.94. The third kappa shape index (κ3) is 5.98. The van der Waals surface area contributed by atoms with Gasteiger partial charge in [-0.2, -0.15) is 0 Å². The second-order valence-electron chi connectivity index (χ2n) is 6.36. The van der Waals surface area contributed by atoms with Gasteiger partial charge in [-0.05, 0) is 37.4 Å². The minimum absolute atomic E-state index is 0.103. The van der Waals surface area contributed by atoms with E-state index < -0.39 is 6.04 Å². The second-order valence-corrected chi connectivity index (χ2v) is 6.36. The summed E-state index contributed by atoms with van der Waals surface area (Å²) in [6.45, 7) is 1.75. The van der Waals surface area contributed by atoms with Crippen LogP contribution in [0.3, 0.4) is 0 Å². The normalized spacial score (nSPS) is 11.8. The highest BCUT2D eigenvalue weighted by Gasteiger charge is 2.14. The smallest absolute Gasteiger partial charge is 0.251 e. The Kier molecular flexibility index (Phi) is 7.32. The van der Waals surface area contributed by atoms with Crippen molar-refractivity contribution < 1.29 is 9.59 Å². The summed E-state index contributed by atoms with van der Waals surface area (Å²) in [6, 6.07) is 15.7. The van der Waals surface area contributed by atoms with Gasteiger partial charge in [0.05, 0.1) is 0 Å². The van der Waals surface area contributed by atoms with Gasteiger partial charge in [-0.25, -0.2) is 0 Å². The number of likely N-dealkylation sites (N-methyl/N-ethyl adjacent to an activating group) is 1. The van der Waals surface area contributed by atoms with Crippen LogP contribution in [0.15, 0.2) is 54.6 Å². The number of hydrogen-bond acceptors (Lipinski definition) is 4. The van der Waals surface area contributed by atoms with E-state index in [4.69, 9.17) is 5.73 Å². The Labute approximate surface area is 154 Å². The quantitative estimate of drug-likeness (QED) is 0.667. The van der Waals surface area contributed by atoms with Crippen LogP contribution in [-0.4, -0.2) is 43.9 Å². The molecular weight excluding hydrogens is 328 g/mol. The molecular formula is C20H26N4O2. The molecule has 0 aliphatic heterocycles. The molecule has 6 nitrogen and oxygen atoms in total. The second kappa shape index (κ2) is 9.70. The van der Waals surface area contributed by atoms with Crippen LogP contribution in [0, 0.1) is 0 Å². The first kappa shape index (κ1) is 19.6. The van der Waals surface area contributed by atoms with Crippen molar-refractivity contribution in [2.45, 2.75) is 12.6 Å². The van der Waals surface area contributed by atoms with Crippen LogP contribution in [-0.2, 0) is 11.3 Å². The highest BCUT2D eigenvalue weighted by atomic mass is 16.2. The summed E-state index contributed by atoms with van der Waals surface area (Å²) < 4.78 is 0. The maximum atomic E-state index is 12.2. The minimum atomic E-state index is -0.696. The monoisotopic (exact) mass is 354 g/mol. The number of nitrogens with one attached hydrogen (secondary N) is 2. The Morgan fingerprint density at radius 1 is 1.00 bits per heavy atom. The third-order valence-electron chi connectivity index (χ3n) is 3.97. The van der Waals surface area contributed by atoms with E-state index in [9.17, 15) is 9.59 Å². The minimum Gasteiger partial charge on any atom is -0.351 e. The number of nitrogens with two attached hydrogens (primary N) is 1. The molecule has 0 spiro atoms. The van der Waals surface area contributed by atoms with Crippen LogP contribution in [0.5, 0.6) is 0 Å². The Morgan fingerprint density at radius 2 is 1.65 bits per heavy atom. The van der Waals surface area contributed by atoms with Crippen LogP contribution in [0.1, 0.15) is 27.5 Å². The number of nitrogens with zero attached hydrogens (tertiary/aromatic N) is 1. The predicted molar refractivity (Wildman–Crippen MR) is 103 cm³/mol. The van der Waals surface area contributed by atoms with Crippen molar-refractivity contribution in [3.8, 4) is 0 Å². The number of benzene rings is 2. The Bertz CT molecular complexity index is 714. The molecule has 138 valence electrons. The Hall–Kier alpha value is -2.70. The van der Waals surface area contributed by atoms with Crippen LogP contribution in [0.2, 0.25) is 0 Å². The third-order valence-corrected chi connectivity index (χ3v) is 3.97. The molecule has 6 heteroatoms. The van der Waals surface area contributed by atoms with E-state index >= 15 is 0 Å². The summed E-state index contributed by atoms with van der Waals surface area (Å²) in [6.07, 6.45) is 0. The number of rotatable bonds is 8. The van der Waals surface area contributed by atoms with Crippen LogP contribution in [0.4, 0.5) is 0 Å². The largest absolute Gasteiger partial charge is 0.351 e. The van der Waals surface area contributed by atoms with Crippen molar-refractivity contribution in [2.24, 2.45) is 5.73 Å². The molecule has 0 radical (unpaired) electrons. The summed E-state index contributed by atoms with van der Waals surface area (Å²) in [5, 5.41) is 5.69. The summed E-state index contributed by atoms with van der Waals surface area (Å²) in [5.74, 6) is -0.338. The summed E-state index contributed by atoms with van der Waals surface area (Å²) >= 11 is 0. The lowest BCUT2D eigenvalue weighted by Crippen LogP contribution is -2.33. The molecule has 2 amide bonds. The average molecular weight is 354 g/mol. The van der Waals surface area contributed by atoms with E-state index in [1.807, 2.05) is 61.5 Å². The Morgan fingerprint density at radius 3 is 2.27 bits per heavy atom. The van der Waals surface area contributed by atoms with Gasteiger partial charge in [-0.1, -0.05) is 42.5 Å². The number of hydrogen-bond donors (Lipinski definition) is 3. The lowest BCUT2D eigenvalue weighted by molar-refractivity contribution is -0.122. The molecule has 1 atom stereocenters. The first-order valence-corrected chi connectivity index (χ1v) is 8.57. The van der Waals surface area contributed by atoms with Crippen molar-refractivity contribution in [1.82, 2.24) is 15.5 Å². The molecule has 2 aromatic carbocycles. The molecule has 0 bridgehead atoms. The predicted octanol–water partition coefficient (Wildman–Crippen LogP) is 1.29. The van der Waals surface area contributed by atoms with Crippen LogP contribution in [0.25, 0.3) is 0 Å². The van der Waals surface area contributed by atoms with Crippen molar-refractivity contribution in [3.63, 3.8) is 0 Å². The lowest BCUT2D eigenvalue weighted by Gasteiger charge is -2.13. The number of carbonyl (C=O) groups is 2. The molecule has 0 aromatic heterocycles. The van der Waals surface area contributed by atoms with Gasteiger partial charge >= 0.3 is 0 Å². The molecule has 0 aliphatic rings. The fourth-order valence-electron chi connectivity index (χ4n) is 2.38. The topological polar surface area (TPSA) is 87.5 Å². The van der Waals surface area contributed by atoms with Crippen molar-refractivity contribution in [1.29, 1.82) is 0 Å². The van der Waals surface area contributed by atoms with Gasteiger partial charge in [-0.3, -0.25) is 9.59 Å². The molecule has 0 fully saturated rings. The van der Waals surface area contributed by atoms with Crippen molar-refractivity contribution in [2.75, 3.05) is 27.2 Å². The zero-order chi connectivity index (χ0) is 18.9. The average Bonchev–Trinajstić information content (AvgIpc) is 2.66. The fraction of sp³-hybridized carbons (Fsp3) is 0.300. The molecule has 0 saturated carbocycles. The maximum Gasteiger partial charge on any atom is 0.251 e. The van der Waals surface area contributed by atoms with Gasteiger partial charge in [0.2, 0.25) is 5.91 Å². The fourth-order valence-corrected chi connectivity index (χ4v) is 2.38. The van der Waals surface area contributed by atoms with E-state index in [0.717, 1.165) is 17.7 Å². The molecule has 1 unspecified atom stereocenters. The number of amides is 2. The van der Waals surface area contributed by atoms with E-state index in [0.29, 0.717) is 18.7 Å². The highest BCUT2D eigenvalue weighted by Crippen LogP contribution is 2.10. The summed E-state index contributed by atoms with van der Waals surface area (Å²) in [4.78, 5) is 26.2. The van der Waals surface area contributed by atoms with E-state index in [2.05, 4.69) is 10.6 Å². The Balaban J connectivity index is 1.83. The lowest BCUT2D eigenvalue weighted by atomic mass is 10.1. The van der Waals surface area contributed by atoms with Crippen LogP contribution < -0.4 is 16.4 Å². The first-order chi connectivity index (χ1) is 12.5. The van der Waals surface area contributed by atoms with Gasteiger partial charge in [0.25, 0.3) is 5.91 Å². The molecule has 2 aromatic rings. The van der Waals surface area contributed by atoms with E-state index in [1.54, 1.807) is 12.1 Å². The first-order valence-electron chi connectivity index (χ1n) is 8.57.